The molecule has 2 atom stereocenters. The summed E-state index contributed by atoms with van der Waals surface area (Å²) in [6.45, 7) is 4.96. The smallest absolute Gasteiger partial charge is 0.248 e. The van der Waals surface area contributed by atoms with Crippen molar-refractivity contribution in [2.45, 2.75) is 39.3 Å². The summed E-state index contributed by atoms with van der Waals surface area (Å²) < 4.78 is 4.10. The number of imidazole rings is 1. The van der Waals surface area contributed by atoms with Crippen LogP contribution in [0, 0.1) is 12.8 Å². The van der Waals surface area contributed by atoms with Gasteiger partial charge in [0, 0.05) is 18.8 Å². The summed E-state index contributed by atoms with van der Waals surface area (Å²) >= 11 is 0. The van der Waals surface area contributed by atoms with Crippen LogP contribution in [-0.2, 0) is 24.2 Å². The van der Waals surface area contributed by atoms with Gasteiger partial charge in [0.2, 0.25) is 11.9 Å². The topological polar surface area (TPSA) is 77.6 Å². The van der Waals surface area contributed by atoms with E-state index in [0.717, 1.165) is 30.2 Å². The Hall–Kier alpha value is -2.96. The Balaban J connectivity index is 1.47. The summed E-state index contributed by atoms with van der Waals surface area (Å²) in [5, 5.41) is 7.32. The first-order chi connectivity index (χ1) is 12.6. The third-order valence-corrected chi connectivity index (χ3v) is 4.95. The molecular formula is C19H22N6O. The fraction of sp³-hybridized carbons (Fsp3) is 0.368. The maximum absolute atomic E-state index is 12.2. The van der Waals surface area contributed by atoms with Crippen molar-refractivity contribution < 1.29 is 4.79 Å². The van der Waals surface area contributed by atoms with E-state index >= 15 is 0 Å². The Bertz CT molecular complexity index is 913. The molecule has 2 aromatic heterocycles. The molecule has 0 bridgehead atoms. The number of fused-ring (bicyclic) bond motifs is 1. The Morgan fingerprint density at radius 2 is 2.12 bits per heavy atom. The molecule has 7 heteroatoms. The Morgan fingerprint density at radius 3 is 2.85 bits per heavy atom. The first-order valence-corrected chi connectivity index (χ1v) is 8.87. The van der Waals surface area contributed by atoms with Crippen LogP contribution < -0.4 is 5.32 Å². The van der Waals surface area contributed by atoms with E-state index in [1.54, 1.807) is 0 Å². The number of hydrogen-bond acceptors (Lipinski definition) is 4. The first kappa shape index (κ1) is 16.5. The lowest BCUT2D eigenvalue weighted by Gasteiger charge is -2.30. The minimum Gasteiger partial charge on any atom is -0.330 e. The highest BCUT2D eigenvalue weighted by Gasteiger charge is 2.29. The standard InChI is InChI=1S/C19H22N6O/c1-13-10-17-21-19(22-18(26)11-15-6-4-3-5-7-15)23-25(17)12-16(13)24-9-8-20-14(24)2/h3-9,13,16H,10-12H2,1-2H3,(H,22,23,26). The molecule has 4 rings (SSSR count). The van der Waals surface area contributed by atoms with Crippen LogP contribution in [0.1, 0.15) is 30.2 Å². The van der Waals surface area contributed by atoms with Gasteiger partial charge in [0.05, 0.1) is 19.0 Å². The lowest BCUT2D eigenvalue weighted by molar-refractivity contribution is -0.115. The molecule has 7 nitrogen and oxygen atoms in total. The van der Waals surface area contributed by atoms with E-state index in [1.165, 1.54) is 0 Å². The lowest BCUT2D eigenvalue weighted by atomic mass is 9.94. The highest BCUT2D eigenvalue weighted by Crippen LogP contribution is 2.29. The largest absolute Gasteiger partial charge is 0.330 e. The maximum atomic E-state index is 12.2. The van der Waals surface area contributed by atoms with Crippen LogP contribution in [0.3, 0.4) is 0 Å². The molecule has 0 fully saturated rings. The second-order valence-electron chi connectivity index (χ2n) is 6.87. The van der Waals surface area contributed by atoms with Crippen LogP contribution in [0.2, 0.25) is 0 Å². The van der Waals surface area contributed by atoms with Gasteiger partial charge in [0.15, 0.2) is 0 Å². The summed E-state index contributed by atoms with van der Waals surface area (Å²) in [5.74, 6) is 2.63. The third-order valence-electron chi connectivity index (χ3n) is 4.95. The van der Waals surface area contributed by atoms with Crippen LogP contribution in [-0.4, -0.2) is 30.2 Å². The van der Waals surface area contributed by atoms with Crippen LogP contribution in [0.15, 0.2) is 42.7 Å². The zero-order valence-corrected chi connectivity index (χ0v) is 15.0. The highest BCUT2D eigenvalue weighted by molar-refractivity contribution is 5.90. The van der Waals surface area contributed by atoms with Gasteiger partial charge in [0.1, 0.15) is 11.6 Å². The van der Waals surface area contributed by atoms with E-state index in [2.05, 4.69) is 31.9 Å². The molecule has 0 saturated carbocycles. The van der Waals surface area contributed by atoms with Crippen LogP contribution in [0.25, 0.3) is 0 Å². The van der Waals surface area contributed by atoms with Crippen LogP contribution in [0.4, 0.5) is 5.95 Å². The predicted octanol–water partition coefficient (Wildman–Crippen LogP) is 2.40. The van der Waals surface area contributed by atoms with Crippen molar-refractivity contribution in [1.29, 1.82) is 0 Å². The number of carbonyl (C=O) groups excluding carboxylic acids is 1. The summed E-state index contributed by atoms with van der Waals surface area (Å²) in [6.07, 6.45) is 4.98. The maximum Gasteiger partial charge on any atom is 0.248 e. The van der Waals surface area contributed by atoms with Crippen LogP contribution in [0.5, 0.6) is 0 Å². The normalized spacial score (nSPS) is 19.2. The molecular weight excluding hydrogens is 328 g/mol. The number of aromatic nitrogens is 5. The molecule has 3 aromatic rings. The van der Waals surface area contributed by atoms with Crippen molar-refractivity contribution in [2.75, 3.05) is 5.32 Å². The van der Waals surface area contributed by atoms with E-state index in [-0.39, 0.29) is 5.91 Å². The van der Waals surface area contributed by atoms with Crippen molar-refractivity contribution in [3.8, 4) is 0 Å². The third kappa shape index (κ3) is 3.24. The van der Waals surface area contributed by atoms with E-state index in [4.69, 9.17) is 0 Å². The number of benzene rings is 1. The summed E-state index contributed by atoms with van der Waals surface area (Å²) in [4.78, 5) is 21.1. The van der Waals surface area contributed by atoms with Crippen LogP contribution >= 0.6 is 0 Å². The van der Waals surface area contributed by atoms with Gasteiger partial charge < -0.3 is 4.57 Å². The van der Waals surface area contributed by atoms with Crippen molar-refractivity contribution in [1.82, 2.24) is 24.3 Å². The highest BCUT2D eigenvalue weighted by atomic mass is 16.1. The number of hydrogen-bond donors (Lipinski definition) is 1. The number of anilines is 1. The second-order valence-corrected chi connectivity index (χ2v) is 6.87. The number of nitrogens with one attached hydrogen (secondary N) is 1. The molecule has 1 aromatic carbocycles. The molecule has 1 N–H and O–H groups in total. The second kappa shape index (κ2) is 6.74. The van der Waals surface area contributed by atoms with Gasteiger partial charge in [0.25, 0.3) is 0 Å². The monoisotopic (exact) mass is 350 g/mol. The molecule has 134 valence electrons. The average Bonchev–Trinajstić information content (AvgIpc) is 3.20. The molecule has 26 heavy (non-hydrogen) atoms. The zero-order valence-electron chi connectivity index (χ0n) is 15.0. The van der Waals surface area contributed by atoms with E-state index in [9.17, 15) is 4.79 Å². The molecule has 3 heterocycles. The van der Waals surface area contributed by atoms with Gasteiger partial charge in [-0.25, -0.2) is 9.67 Å². The molecule has 1 amide bonds. The summed E-state index contributed by atoms with van der Waals surface area (Å²) in [7, 11) is 0. The molecule has 0 saturated heterocycles. The summed E-state index contributed by atoms with van der Waals surface area (Å²) in [6, 6.07) is 9.95. The zero-order chi connectivity index (χ0) is 18.1. The quantitative estimate of drug-likeness (QED) is 0.784. The van der Waals surface area contributed by atoms with Gasteiger partial charge in [-0.05, 0) is 18.4 Å². The number of carbonyl (C=O) groups is 1. The average molecular weight is 350 g/mol. The van der Waals surface area contributed by atoms with Gasteiger partial charge in [-0.3, -0.25) is 10.1 Å². The van der Waals surface area contributed by atoms with Crippen molar-refractivity contribution >= 4 is 11.9 Å². The van der Waals surface area contributed by atoms with E-state index in [1.807, 2.05) is 54.3 Å². The minimum absolute atomic E-state index is 0.103. The molecule has 2 unspecified atom stereocenters. The van der Waals surface area contributed by atoms with Gasteiger partial charge in [-0.2, -0.15) is 4.98 Å². The Labute approximate surface area is 152 Å². The molecule has 1 aliphatic heterocycles. The molecule has 1 aliphatic rings. The van der Waals surface area contributed by atoms with Crippen molar-refractivity contribution in [3.63, 3.8) is 0 Å². The molecule has 0 aliphatic carbocycles. The van der Waals surface area contributed by atoms with Gasteiger partial charge in [-0.15, -0.1) is 5.10 Å². The minimum atomic E-state index is -0.103. The number of aryl methyl sites for hydroxylation is 1. The molecule has 0 radical (unpaired) electrons. The number of rotatable bonds is 4. The van der Waals surface area contributed by atoms with Crippen molar-refractivity contribution in [2.24, 2.45) is 5.92 Å². The van der Waals surface area contributed by atoms with E-state index in [0.29, 0.717) is 24.3 Å². The summed E-state index contributed by atoms with van der Waals surface area (Å²) in [5.41, 5.74) is 0.971. The van der Waals surface area contributed by atoms with Gasteiger partial charge >= 0.3 is 0 Å². The fourth-order valence-corrected chi connectivity index (χ4v) is 3.56. The SMILES string of the molecule is Cc1nccn1C1Cn2nc(NC(=O)Cc3ccccc3)nc2CC1C. The molecule has 0 spiro atoms. The fourth-order valence-electron chi connectivity index (χ4n) is 3.56. The predicted molar refractivity (Wildman–Crippen MR) is 97.7 cm³/mol. The van der Waals surface area contributed by atoms with E-state index < -0.39 is 0 Å². The Kier molecular flexibility index (Phi) is 4.28. The lowest BCUT2D eigenvalue weighted by Crippen LogP contribution is -2.31. The van der Waals surface area contributed by atoms with Gasteiger partial charge in [-0.1, -0.05) is 37.3 Å². The number of amides is 1. The number of nitrogens with zero attached hydrogens (tertiary/aromatic N) is 5. The first-order valence-electron chi connectivity index (χ1n) is 8.87. The Morgan fingerprint density at radius 1 is 1.31 bits per heavy atom. The van der Waals surface area contributed by atoms with Crippen molar-refractivity contribution in [3.05, 3.63) is 59.9 Å².